The lowest BCUT2D eigenvalue weighted by atomic mass is 9.87. The van der Waals surface area contributed by atoms with E-state index in [0.717, 1.165) is 56.9 Å². The number of piperidine rings is 1. The van der Waals surface area contributed by atoms with Gasteiger partial charge in [0.15, 0.2) is 0 Å². The van der Waals surface area contributed by atoms with Gasteiger partial charge in [0, 0.05) is 25.7 Å². The van der Waals surface area contributed by atoms with Gasteiger partial charge in [0.05, 0.1) is 12.3 Å². The van der Waals surface area contributed by atoms with E-state index < -0.39 is 0 Å². The highest BCUT2D eigenvalue weighted by atomic mass is 19.1. The standard InChI is InChI=1S/C21H31FN2O2/c22-19-6-7-20(24-11-8-18(9-12-24)15-23-16-25)21(14-19)26-13-10-17-4-2-1-3-5-17/h6-7,14,16-18H,1-5,8-13,15H2,(H,23,25). The van der Waals surface area contributed by atoms with Gasteiger partial charge >= 0.3 is 0 Å². The number of rotatable bonds is 8. The number of benzene rings is 1. The van der Waals surface area contributed by atoms with Crippen molar-refractivity contribution >= 4 is 12.1 Å². The quantitative estimate of drug-likeness (QED) is 0.707. The number of anilines is 1. The number of amides is 1. The van der Waals surface area contributed by atoms with Crippen molar-refractivity contribution < 1.29 is 13.9 Å². The van der Waals surface area contributed by atoms with Crippen LogP contribution in [0.25, 0.3) is 0 Å². The van der Waals surface area contributed by atoms with Crippen LogP contribution in [0.4, 0.5) is 10.1 Å². The molecule has 1 aliphatic heterocycles. The van der Waals surface area contributed by atoms with E-state index in [2.05, 4.69) is 10.2 Å². The fourth-order valence-corrected chi connectivity index (χ4v) is 4.27. The average Bonchev–Trinajstić information content (AvgIpc) is 2.68. The highest BCUT2D eigenvalue weighted by molar-refractivity contribution is 5.59. The van der Waals surface area contributed by atoms with Crippen LogP contribution in [0.15, 0.2) is 18.2 Å². The van der Waals surface area contributed by atoms with Gasteiger partial charge in [-0.15, -0.1) is 0 Å². The molecular formula is C21H31FN2O2. The van der Waals surface area contributed by atoms with Crippen LogP contribution in [0, 0.1) is 17.7 Å². The summed E-state index contributed by atoms with van der Waals surface area (Å²) in [7, 11) is 0. The van der Waals surface area contributed by atoms with Crippen molar-refractivity contribution in [2.45, 2.75) is 51.4 Å². The van der Waals surface area contributed by atoms with E-state index in [-0.39, 0.29) is 5.82 Å². The van der Waals surface area contributed by atoms with Gasteiger partial charge in [0.25, 0.3) is 0 Å². The molecule has 1 aromatic rings. The van der Waals surface area contributed by atoms with Crippen molar-refractivity contribution in [3.8, 4) is 5.75 Å². The van der Waals surface area contributed by atoms with Crippen molar-refractivity contribution in [3.05, 3.63) is 24.0 Å². The van der Waals surface area contributed by atoms with Gasteiger partial charge in [-0.25, -0.2) is 4.39 Å². The van der Waals surface area contributed by atoms with E-state index in [0.29, 0.717) is 18.3 Å². The molecule has 2 aliphatic rings. The van der Waals surface area contributed by atoms with Crippen LogP contribution < -0.4 is 15.0 Å². The Kier molecular flexibility index (Phi) is 7.15. The Morgan fingerprint density at radius 3 is 2.62 bits per heavy atom. The monoisotopic (exact) mass is 362 g/mol. The Morgan fingerprint density at radius 1 is 1.12 bits per heavy atom. The highest BCUT2D eigenvalue weighted by Gasteiger charge is 2.22. The van der Waals surface area contributed by atoms with E-state index in [9.17, 15) is 9.18 Å². The normalized spacial score (nSPS) is 19.3. The maximum Gasteiger partial charge on any atom is 0.207 e. The summed E-state index contributed by atoms with van der Waals surface area (Å²) in [5, 5.41) is 2.78. The second-order valence-electron chi connectivity index (χ2n) is 7.71. The Bertz CT molecular complexity index is 567. The number of hydrogen-bond acceptors (Lipinski definition) is 3. The first-order chi connectivity index (χ1) is 12.8. The number of ether oxygens (including phenoxy) is 1. The number of nitrogens with one attached hydrogen (secondary N) is 1. The van der Waals surface area contributed by atoms with E-state index in [1.54, 1.807) is 0 Å². The third kappa shape index (κ3) is 5.36. The summed E-state index contributed by atoms with van der Waals surface area (Å²) in [6.07, 6.45) is 10.5. The van der Waals surface area contributed by atoms with Crippen LogP contribution in [0.3, 0.4) is 0 Å². The van der Waals surface area contributed by atoms with E-state index >= 15 is 0 Å². The molecule has 5 heteroatoms. The molecule has 3 rings (SSSR count). The summed E-state index contributed by atoms with van der Waals surface area (Å²) in [5.41, 5.74) is 0.997. The number of halogens is 1. The molecule has 1 amide bonds. The molecular weight excluding hydrogens is 331 g/mol. The number of hydrogen-bond donors (Lipinski definition) is 1. The first kappa shape index (κ1) is 19.0. The minimum absolute atomic E-state index is 0.244. The van der Waals surface area contributed by atoms with Crippen LogP contribution in [0.5, 0.6) is 5.75 Å². The van der Waals surface area contributed by atoms with Crippen LogP contribution in [-0.2, 0) is 4.79 Å². The molecule has 4 nitrogen and oxygen atoms in total. The molecule has 26 heavy (non-hydrogen) atoms. The van der Waals surface area contributed by atoms with Gasteiger partial charge in [0.2, 0.25) is 6.41 Å². The maximum absolute atomic E-state index is 13.8. The summed E-state index contributed by atoms with van der Waals surface area (Å²) >= 11 is 0. The summed E-state index contributed by atoms with van der Waals surface area (Å²) in [5.74, 6) is 1.71. The van der Waals surface area contributed by atoms with Gasteiger partial charge in [-0.05, 0) is 43.2 Å². The van der Waals surface area contributed by atoms with Gasteiger partial charge in [0.1, 0.15) is 11.6 Å². The van der Waals surface area contributed by atoms with Gasteiger partial charge < -0.3 is 15.0 Å². The lowest BCUT2D eigenvalue weighted by molar-refractivity contribution is -0.109. The van der Waals surface area contributed by atoms with Gasteiger partial charge in [-0.2, -0.15) is 0 Å². The summed E-state index contributed by atoms with van der Waals surface area (Å²) in [6.45, 7) is 3.23. The lowest BCUT2D eigenvalue weighted by Crippen LogP contribution is -2.37. The average molecular weight is 362 g/mol. The highest BCUT2D eigenvalue weighted by Crippen LogP contribution is 2.33. The molecule has 0 spiro atoms. The Balaban J connectivity index is 1.54. The van der Waals surface area contributed by atoms with Crippen molar-refractivity contribution in [2.24, 2.45) is 11.8 Å². The molecule has 1 heterocycles. The molecule has 1 aliphatic carbocycles. The predicted octanol–water partition coefficient (Wildman–Crippen LogP) is 4.14. The topological polar surface area (TPSA) is 41.6 Å². The first-order valence-corrected chi connectivity index (χ1v) is 10.1. The van der Waals surface area contributed by atoms with Crippen LogP contribution >= 0.6 is 0 Å². The third-order valence-electron chi connectivity index (χ3n) is 5.88. The zero-order valence-corrected chi connectivity index (χ0v) is 15.6. The van der Waals surface area contributed by atoms with Crippen LogP contribution in [0.1, 0.15) is 51.4 Å². The largest absolute Gasteiger partial charge is 0.491 e. The van der Waals surface area contributed by atoms with Crippen LogP contribution in [-0.4, -0.2) is 32.7 Å². The van der Waals surface area contributed by atoms with Crippen molar-refractivity contribution in [1.82, 2.24) is 5.32 Å². The zero-order chi connectivity index (χ0) is 18.2. The molecule has 2 fully saturated rings. The number of carbonyl (C=O) groups is 1. The molecule has 1 saturated heterocycles. The second kappa shape index (κ2) is 9.79. The molecule has 1 N–H and O–H groups in total. The maximum atomic E-state index is 13.8. The lowest BCUT2D eigenvalue weighted by Gasteiger charge is -2.34. The Labute approximate surface area is 156 Å². The molecule has 0 radical (unpaired) electrons. The van der Waals surface area contributed by atoms with Crippen molar-refractivity contribution in [1.29, 1.82) is 0 Å². The molecule has 144 valence electrons. The van der Waals surface area contributed by atoms with E-state index in [1.165, 1.54) is 44.2 Å². The minimum atomic E-state index is -0.244. The van der Waals surface area contributed by atoms with Gasteiger partial charge in [-0.1, -0.05) is 32.1 Å². The fraction of sp³-hybridized carbons (Fsp3) is 0.667. The number of nitrogens with zero attached hydrogens (tertiary/aromatic N) is 1. The molecule has 1 saturated carbocycles. The van der Waals surface area contributed by atoms with E-state index in [4.69, 9.17) is 4.74 Å². The smallest absolute Gasteiger partial charge is 0.207 e. The van der Waals surface area contributed by atoms with E-state index in [1.807, 2.05) is 6.07 Å². The van der Waals surface area contributed by atoms with Crippen molar-refractivity contribution in [3.63, 3.8) is 0 Å². The van der Waals surface area contributed by atoms with Crippen molar-refractivity contribution in [2.75, 3.05) is 31.1 Å². The van der Waals surface area contributed by atoms with Gasteiger partial charge in [-0.3, -0.25) is 4.79 Å². The fourth-order valence-electron chi connectivity index (χ4n) is 4.27. The molecule has 0 unspecified atom stereocenters. The second-order valence-corrected chi connectivity index (χ2v) is 7.71. The summed E-state index contributed by atoms with van der Waals surface area (Å²) in [6, 6.07) is 4.88. The molecule has 0 aromatic heterocycles. The predicted molar refractivity (Wildman–Crippen MR) is 102 cm³/mol. The molecule has 1 aromatic carbocycles. The Morgan fingerprint density at radius 2 is 1.88 bits per heavy atom. The molecule has 0 atom stereocenters. The van der Waals surface area contributed by atoms with Crippen LogP contribution in [0.2, 0.25) is 0 Å². The third-order valence-corrected chi connectivity index (χ3v) is 5.88. The minimum Gasteiger partial charge on any atom is -0.491 e. The first-order valence-electron chi connectivity index (χ1n) is 10.1. The SMILES string of the molecule is O=CNCC1CCN(c2ccc(F)cc2OCCC2CCCCC2)CC1. The molecule has 0 bridgehead atoms. The summed E-state index contributed by atoms with van der Waals surface area (Å²) < 4.78 is 19.8. The zero-order valence-electron chi connectivity index (χ0n) is 15.6. The Hall–Kier alpha value is -1.78. The summed E-state index contributed by atoms with van der Waals surface area (Å²) in [4.78, 5) is 12.7. The number of carbonyl (C=O) groups excluding carboxylic acids is 1.